The van der Waals surface area contributed by atoms with Gasteiger partial charge >= 0.3 is 0 Å². The Kier molecular flexibility index (Phi) is 8.89. The van der Waals surface area contributed by atoms with E-state index in [1.165, 1.54) is 7.11 Å². The lowest BCUT2D eigenvalue weighted by atomic mass is 9.78. The lowest BCUT2D eigenvalue weighted by Crippen LogP contribution is -2.36. The molecule has 6 nitrogen and oxygen atoms in total. The van der Waals surface area contributed by atoms with Gasteiger partial charge in [0.1, 0.15) is 5.75 Å². The molecular weight excluding hydrogens is 516 g/mol. The van der Waals surface area contributed by atoms with Crippen molar-refractivity contribution in [1.29, 1.82) is 0 Å². The van der Waals surface area contributed by atoms with Crippen molar-refractivity contribution in [3.8, 4) is 40.2 Å². The van der Waals surface area contributed by atoms with Gasteiger partial charge in [-0.15, -0.1) is 0 Å². The molecule has 3 aromatic carbocycles. The van der Waals surface area contributed by atoms with E-state index in [0.29, 0.717) is 35.4 Å². The molecular formula is C35H40O6. The average Bonchev–Trinajstić information content (AvgIpc) is 3.13. The summed E-state index contributed by atoms with van der Waals surface area (Å²) in [6.07, 6.45) is 7.59. The van der Waals surface area contributed by atoms with E-state index in [-0.39, 0.29) is 35.7 Å². The molecule has 5 rings (SSSR count). The molecule has 0 aliphatic heterocycles. The highest BCUT2D eigenvalue weighted by Crippen LogP contribution is 2.47. The summed E-state index contributed by atoms with van der Waals surface area (Å²) in [6.45, 7) is 1.90. The summed E-state index contributed by atoms with van der Waals surface area (Å²) >= 11 is 0. The zero-order chi connectivity index (χ0) is 29.1. The van der Waals surface area contributed by atoms with E-state index in [1.807, 2.05) is 30.3 Å². The number of aromatic hydroxyl groups is 2. The number of fused-ring (bicyclic) bond motifs is 2. The number of aliphatic hydroxyl groups excluding tert-OH is 3. The zero-order valence-corrected chi connectivity index (χ0v) is 23.8. The summed E-state index contributed by atoms with van der Waals surface area (Å²) in [5.74, 6) is 6.62. The van der Waals surface area contributed by atoms with Gasteiger partial charge in [0.15, 0.2) is 11.5 Å². The quantitative estimate of drug-likeness (QED) is 0.194. The molecule has 0 radical (unpaired) electrons. The molecule has 0 amide bonds. The number of phenols is 2. The molecule has 0 saturated heterocycles. The Bertz CT molecular complexity index is 1480. The standard InChI is InChI=1S/C35H40O6/c1-3-21-6-4-5-7-30(38)33-22(9-8-21)10-11-24(19-32(33)40)28-14-15-31(39)35(41-2)34(28)29-18-23-12-13-27(37)17-25(23)16-26(29)20-36/h10-18,21-22,24,30,32-33,36-40H,3-7,19-20H2,1-2H3/t21-,22+,24+,30-,32+,33+/m0/s1. The first-order valence-corrected chi connectivity index (χ1v) is 14.7. The van der Waals surface area contributed by atoms with Crippen LogP contribution in [0.4, 0.5) is 0 Å². The van der Waals surface area contributed by atoms with Crippen LogP contribution in [0, 0.1) is 29.6 Å². The first-order chi connectivity index (χ1) is 19.8. The molecule has 0 unspecified atom stereocenters. The smallest absolute Gasteiger partial charge is 0.168 e. The Morgan fingerprint density at radius 2 is 1.71 bits per heavy atom. The predicted molar refractivity (Wildman–Crippen MR) is 161 cm³/mol. The van der Waals surface area contributed by atoms with Crippen molar-refractivity contribution in [2.75, 3.05) is 7.11 Å². The molecule has 0 saturated carbocycles. The van der Waals surface area contributed by atoms with Gasteiger partial charge in [0, 0.05) is 29.2 Å². The Morgan fingerprint density at radius 3 is 2.46 bits per heavy atom. The van der Waals surface area contributed by atoms with Crippen LogP contribution in [0.25, 0.3) is 21.9 Å². The lowest BCUT2D eigenvalue weighted by Gasteiger charge is -2.31. The number of phenolic OH excluding ortho intramolecular Hbond substituents is 2. The predicted octanol–water partition coefficient (Wildman–Crippen LogP) is 6.02. The summed E-state index contributed by atoms with van der Waals surface area (Å²) in [5, 5.41) is 55.6. The van der Waals surface area contributed by atoms with Crippen LogP contribution in [0.5, 0.6) is 17.2 Å². The van der Waals surface area contributed by atoms with Crippen LogP contribution in [0.15, 0.2) is 54.6 Å². The highest BCUT2D eigenvalue weighted by atomic mass is 16.5. The minimum Gasteiger partial charge on any atom is -0.508 e. The average molecular weight is 557 g/mol. The highest BCUT2D eigenvalue weighted by molar-refractivity contribution is 5.92. The maximum atomic E-state index is 11.6. The van der Waals surface area contributed by atoms with E-state index in [0.717, 1.165) is 42.0 Å². The van der Waals surface area contributed by atoms with Crippen molar-refractivity contribution in [2.24, 2.45) is 17.8 Å². The molecule has 6 heteroatoms. The van der Waals surface area contributed by atoms with Crippen molar-refractivity contribution in [3.63, 3.8) is 0 Å². The largest absolute Gasteiger partial charge is 0.508 e. The van der Waals surface area contributed by atoms with Gasteiger partial charge in [-0.05, 0) is 83.5 Å². The number of hydrogen-bond acceptors (Lipinski definition) is 6. The van der Waals surface area contributed by atoms with Crippen LogP contribution in [-0.4, -0.2) is 44.9 Å². The number of methoxy groups -OCH3 is 1. The SMILES string of the molecule is CC[C@@H]1C#C[C@@H]2C=C[C@@H](c3ccc(O)c(OC)c3-c3cc4ccc(O)cc4cc3CO)C[C@@H](O)[C@H]2[C@@H](O)CCCC1. The van der Waals surface area contributed by atoms with E-state index in [4.69, 9.17) is 4.74 Å². The molecule has 0 aromatic heterocycles. The fraction of sp³-hybridized carbons (Fsp3) is 0.429. The number of rotatable bonds is 5. The van der Waals surface area contributed by atoms with Gasteiger partial charge in [-0.1, -0.05) is 55.9 Å². The van der Waals surface area contributed by atoms with E-state index in [9.17, 15) is 25.5 Å². The summed E-state index contributed by atoms with van der Waals surface area (Å²) in [7, 11) is 1.50. The van der Waals surface area contributed by atoms with Crippen molar-refractivity contribution in [3.05, 3.63) is 65.7 Å². The first-order valence-electron chi connectivity index (χ1n) is 14.7. The van der Waals surface area contributed by atoms with Gasteiger partial charge in [-0.2, -0.15) is 0 Å². The molecule has 0 fully saturated rings. The van der Waals surface area contributed by atoms with Crippen molar-refractivity contribution in [1.82, 2.24) is 0 Å². The van der Waals surface area contributed by atoms with Crippen molar-refractivity contribution in [2.45, 2.75) is 70.2 Å². The maximum Gasteiger partial charge on any atom is 0.168 e. The number of benzene rings is 3. The maximum absolute atomic E-state index is 11.6. The van der Waals surface area contributed by atoms with E-state index in [2.05, 4.69) is 24.8 Å². The molecule has 2 aliphatic carbocycles. The summed E-state index contributed by atoms with van der Waals surface area (Å²) in [6, 6.07) is 12.3. The second kappa shape index (κ2) is 12.6. The van der Waals surface area contributed by atoms with Crippen LogP contribution in [0.1, 0.15) is 62.5 Å². The highest BCUT2D eigenvalue weighted by Gasteiger charge is 2.37. The fourth-order valence-electron chi connectivity index (χ4n) is 6.59. The fourth-order valence-corrected chi connectivity index (χ4v) is 6.59. The van der Waals surface area contributed by atoms with Crippen molar-refractivity contribution < 1.29 is 30.3 Å². The van der Waals surface area contributed by atoms with Gasteiger partial charge in [0.05, 0.1) is 25.9 Å². The number of allylic oxidation sites excluding steroid dienone is 2. The molecule has 216 valence electrons. The van der Waals surface area contributed by atoms with Gasteiger partial charge in [0.2, 0.25) is 0 Å². The zero-order valence-electron chi connectivity index (χ0n) is 23.8. The minimum atomic E-state index is -0.798. The third-order valence-corrected chi connectivity index (χ3v) is 8.86. The monoisotopic (exact) mass is 556 g/mol. The third-order valence-electron chi connectivity index (χ3n) is 8.86. The molecule has 2 aliphatic rings. The molecule has 41 heavy (non-hydrogen) atoms. The molecule has 0 spiro atoms. The van der Waals surface area contributed by atoms with Crippen molar-refractivity contribution >= 4 is 10.8 Å². The molecule has 5 N–H and O–H groups in total. The van der Waals surface area contributed by atoms with E-state index in [1.54, 1.807) is 18.2 Å². The molecule has 3 aromatic rings. The Hall–Kier alpha value is -3.50. The van der Waals surface area contributed by atoms with Gasteiger partial charge in [0.25, 0.3) is 0 Å². The second-order valence-electron chi connectivity index (χ2n) is 11.4. The van der Waals surface area contributed by atoms with E-state index < -0.39 is 18.1 Å². The van der Waals surface area contributed by atoms with Crippen LogP contribution in [-0.2, 0) is 6.61 Å². The number of aliphatic hydroxyl groups is 3. The van der Waals surface area contributed by atoms with Gasteiger partial charge in [-0.25, -0.2) is 0 Å². The first kappa shape index (κ1) is 29.0. The van der Waals surface area contributed by atoms with Crippen LogP contribution in [0.3, 0.4) is 0 Å². The number of ether oxygens (including phenoxy) is 1. The molecule has 6 atom stereocenters. The number of hydrogen-bond donors (Lipinski definition) is 5. The Morgan fingerprint density at radius 1 is 0.902 bits per heavy atom. The molecule has 0 heterocycles. The normalized spacial score (nSPS) is 26.5. The van der Waals surface area contributed by atoms with Crippen LogP contribution in [0.2, 0.25) is 0 Å². The Balaban J connectivity index is 1.65. The lowest BCUT2D eigenvalue weighted by molar-refractivity contribution is -0.00703. The topological polar surface area (TPSA) is 110 Å². The Labute approximate surface area is 241 Å². The van der Waals surface area contributed by atoms with E-state index >= 15 is 0 Å². The second-order valence-corrected chi connectivity index (χ2v) is 11.4. The van der Waals surface area contributed by atoms with Gasteiger partial charge < -0.3 is 30.3 Å². The minimum absolute atomic E-state index is 0.0277. The van der Waals surface area contributed by atoms with Crippen LogP contribution >= 0.6 is 0 Å². The van der Waals surface area contributed by atoms with Crippen LogP contribution < -0.4 is 4.74 Å². The summed E-state index contributed by atoms with van der Waals surface area (Å²) < 4.78 is 5.73. The summed E-state index contributed by atoms with van der Waals surface area (Å²) in [5.41, 5.74) is 2.79. The molecule has 0 bridgehead atoms. The summed E-state index contributed by atoms with van der Waals surface area (Å²) in [4.78, 5) is 0. The van der Waals surface area contributed by atoms with Gasteiger partial charge in [-0.3, -0.25) is 0 Å². The third kappa shape index (κ3) is 5.94.